The minimum atomic E-state index is -0.915. The van der Waals surface area contributed by atoms with Crippen molar-refractivity contribution >= 4 is 22.7 Å². The van der Waals surface area contributed by atoms with Crippen molar-refractivity contribution in [2.24, 2.45) is 44.3 Å². The Balaban J connectivity index is 1.79. The average Bonchev–Trinajstić information content (AvgIpc) is 2.83. The number of allylic oxidation sites excluding steroid dienone is 4. The highest BCUT2D eigenvalue weighted by Crippen LogP contribution is 2.72. The molecule has 0 aromatic carbocycles. The first-order valence-electron chi connectivity index (χ1n) is 14.7. The monoisotopic (exact) mass is 539 g/mol. The van der Waals surface area contributed by atoms with Crippen LogP contribution in [0.3, 0.4) is 0 Å². The van der Waals surface area contributed by atoms with Gasteiger partial charge >= 0.3 is 0 Å². The van der Waals surface area contributed by atoms with Gasteiger partial charge in [-0.05, 0) is 73.2 Å². The zero-order valence-electron chi connectivity index (χ0n) is 25.3. The molecule has 2 fully saturated rings. The second kappa shape index (κ2) is 9.34. The number of carbonyl (C=O) groups is 2. The molecule has 4 nitrogen and oxygen atoms in total. The molecule has 0 aromatic rings. The Hall–Kier alpha value is -1.38. The molecule has 38 heavy (non-hydrogen) atoms. The molecule has 1 unspecified atom stereocenters. The number of hydrogen-bond donors (Lipinski definition) is 0. The van der Waals surface area contributed by atoms with E-state index < -0.39 is 22.0 Å². The van der Waals surface area contributed by atoms with Crippen LogP contribution < -0.4 is 0 Å². The summed E-state index contributed by atoms with van der Waals surface area (Å²) < 4.78 is 12.6. The number of ketones is 2. The average molecular weight is 540 g/mol. The number of rotatable bonds is 6. The van der Waals surface area contributed by atoms with Gasteiger partial charge in [0.05, 0.1) is 11.8 Å². The van der Waals surface area contributed by atoms with E-state index in [0.29, 0.717) is 5.75 Å². The van der Waals surface area contributed by atoms with Gasteiger partial charge in [-0.2, -0.15) is 5.26 Å². The van der Waals surface area contributed by atoms with Crippen LogP contribution in [-0.2, 0) is 20.8 Å². The summed E-state index contributed by atoms with van der Waals surface area (Å²) in [7, 11) is 0. The molecule has 0 heterocycles. The van der Waals surface area contributed by atoms with Crippen molar-refractivity contribution < 1.29 is 14.1 Å². The van der Waals surface area contributed by atoms with Gasteiger partial charge in [-0.15, -0.1) is 0 Å². The number of hydrogen-bond acceptors (Lipinski definition) is 4. The van der Waals surface area contributed by atoms with E-state index in [9.17, 15) is 19.4 Å². The Morgan fingerprint density at radius 3 is 2.37 bits per heavy atom. The Bertz CT molecular complexity index is 1130. The molecule has 0 aliphatic heterocycles. The molecule has 5 heteroatoms. The fourth-order valence-corrected chi connectivity index (χ4v) is 10.5. The van der Waals surface area contributed by atoms with Gasteiger partial charge < -0.3 is 4.55 Å². The minimum Gasteiger partial charge on any atom is -0.617 e. The van der Waals surface area contributed by atoms with Crippen molar-refractivity contribution in [3.63, 3.8) is 0 Å². The van der Waals surface area contributed by atoms with Crippen LogP contribution in [0.25, 0.3) is 0 Å². The van der Waals surface area contributed by atoms with E-state index in [2.05, 4.69) is 47.6 Å². The largest absolute Gasteiger partial charge is 0.617 e. The molecule has 0 saturated heterocycles. The number of nitrogens with zero attached hydrogens (tertiary/aromatic N) is 1. The Kier molecular flexibility index (Phi) is 7.27. The van der Waals surface area contributed by atoms with Crippen molar-refractivity contribution in [1.82, 2.24) is 0 Å². The normalized spacial score (nSPS) is 41.2. The van der Waals surface area contributed by atoms with Crippen LogP contribution in [0, 0.1) is 55.7 Å². The first kappa shape index (κ1) is 29.6. The molecule has 4 aliphatic rings. The summed E-state index contributed by atoms with van der Waals surface area (Å²) in [6.07, 6.45) is 13.5. The molecule has 0 N–H and O–H groups in total. The summed E-state index contributed by atoms with van der Waals surface area (Å²) in [5.41, 5.74) is 0.0176. The van der Waals surface area contributed by atoms with E-state index in [0.717, 1.165) is 56.9 Å². The van der Waals surface area contributed by atoms with Crippen molar-refractivity contribution in [3.8, 4) is 6.07 Å². The van der Waals surface area contributed by atoms with Gasteiger partial charge in [-0.25, -0.2) is 0 Å². The van der Waals surface area contributed by atoms with Crippen LogP contribution in [0.15, 0.2) is 23.3 Å². The van der Waals surface area contributed by atoms with E-state index in [1.165, 1.54) is 0 Å². The standard InChI is InChI=1S/C33H49NO3S/c1-10-28(2,3)13-15-33(21-38(9)37)16-14-31(7)23(19-33)24(35)17-26-30(6)18-22(20-34)27(36)29(4,5)25(30)11-12-32(26,31)8/h17-18,23,25H,10-16,19,21H2,1-9H3/t23-,25-,30-,31+,32+,33-,38?/m0/s1. The summed E-state index contributed by atoms with van der Waals surface area (Å²) in [6, 6.07) is 2.18. The molecule has 0 spiro atoms. The molecular formula is C33H49NO3S. The highest BCUT2D eigenvalue weighted by molar-refractivity contribution is 7.90. The summed E-state index contributed by atoms with van der Waals surface area (Å²) in [6.45, 7) is 17.7. The number of nitriles is 1. The lowest BCUT2D eigenvalue weighted by Crippen LogP contribution is -2.62. The third-order valence-electron chi connectivity index (χ3n) is 12.4. The molecule has 2 saturated carbocycles. The van der Waals surface area contributed by atoms with Crippen molar-refractivity contribution in [3.05, 3.63) is 23.3 Å². The van der Waals surface area contributed by atoms with Gasteiger partial charge in [0.25, 0.3) is 0 Å². The predicted molar refractivity (Wildman–Crippen MR) is 155 cm³/mol. The Labute approximate surface area is 234 Å². The van der Waals surface area contributed by atoms with E-state index in [4.69, 9.17) is 0 Å². The first-order valence-corrected chi connectivity index (χ1v) is 16.4. The second-order valence-electron chi connectivity index (χ2n) is 15.3. The topological polar surface area (TPSA) is 81.0 Å². The van der Waals surface area contributed by atoms with Gasteiger partial charge in [0, 0.05) is 22.2 Å². The van der Waals surface area contributed by atoms with E-state index in [1.54, 1.807) is 0 Å². The third-order valence-corrected chi connectivity index (χ3v) is 13.4. The first-order chi connectivity index (χ1) is 17.4. The summed E-state index contributed by atoms with van der Waals surface area (Å²) in [5, 5.41) is 9.85. The molecule has 4 aliphatic carbocycles. The summed E-state index contributed by atoms with van der Waals surface area (Å²) in [4.78, 5) is 27.3. The quantitative estimate of drug-likeness (QED) is 0.330. The lowest BCUT2D eigenvalue weighted by atomic mass is 9.37. The van der Waals surface area contributed by atoms with Crippen molar-refractivity contribution in [2.75, 3.05) is 12.0 Å². The van der Waals surface area contributed by atoms with Gasteiger partial charge in [-0.3, -0.25) is 9.59 Å². The number of fused-ring (bicyclic) bond motifs is 5. The molecule has 0 aromatic heterocycles. The Morgan fingerprint density at radius 1 is 1.13 bits per heavy atom. The highest BCUT2D eigenvalue weighted by atomic mass is 32.2. The third kappa shape index (κ3) is 4.28. The van der Waals surface area contributed by atoms with Gasteiger partial charge in [-0.1, -0.05) is 84.6 Å². The maximum Gasteiger partial charge on any atom is 0.178 e. The molecular weight excluding hydrogens is 490 g/mol. The van der Waals surface area contributed by atoms with Crippen LogP contribution >= 0.6 is 0 Å². The highest BCUT2D eigenvalue weighted by Gasteiger charge is 2.67. The maximum absolute atomic E-state index is 14.2. The molecule has 7 atom stereocenters. The fraction of sp³-hybridized carbons (Fsp3) is 0.788. The molecule has 4 rings (SSSR count). The van der Waals surface area contributed by atoms with Crippen molar-refractivity contribution in [1.29, 1.82) is 5.26 Å². The predicted octanol–water partition coefficient (Wildman–Crippen LogP) is 7.36. The SMILES string of the molecule is CCC(C)(C)CC[C@]1(C[S+](C)[O-])CC[C@]2(C)[C@@H](C1)C(=O)C=C1[C@@]3(C)C=C(C#N)C(=O)C(C)(C)[C@@H]3CC[C@]12C. The summed E-state index contributed by atoms with van der Waals surface area (Å²) in [5.74, 6) is 0.779. The summed E-state index contributed by atoms with van der Waals surface area (Å²) >= 11 is -0.915. The van der Waals surface area contributed by atoms with E-state index in [-0.39, 0.29) is 50.6 Å². The van der Waals surface area contributed by atoms with Crippen LogP contribution in [0.5, 0.6) is 0 Å². The van der Waals surface area contributed by atoms with Gasteiger partial charge in [0.1, 0.15) is 11.8 Å². The van der Waals surface area contributed by atoms with Crippen LogP contribution in [0.1, 0.15) is 107 Å². The number of carbonyl (C=O) groups excluding carboxylic acids is 2. The molecule has 0 amide bonds. The van der Waals surface area contributed by atoms with Crippen LogP contribution in [-0.4, -0.2) is 28.1 Å². The smallest absolute Gasteiger partial charge is 0.178 e. The molecule has 0 bridgehead atoms. The Morgan fingerprint density at radius 2 is 1.79 bits per heavy atom. The van der Waals surface area contributed by atoms with Crippen molar-refractivity contribution in [2.45, 2.75) is 107 Å². The second-order valence-corrected chi connectivity index (χ2v) is 16.7. The lowest BCUT2D eigenvalue weighted by Gasteiger charge is -2.66. The van der Waals surface area contributed by atoms with Crippen LogP contribution in [0.4, 0.5) is 0 Å². The molecule has 0 radical (unpaired) electrons. The molecule has 210 valence electrons. The number of Topliss-reactive ketones (excluding diaryl/α,β-unsaturated/α-hetero) is 1. The van der Waals surface area contributed by atoms with E-state index >= 15 is 0 Å². The van der Waals surface area contributed by atoms with Gasteiger partial charge in [0.2, 0.25) is 0 Å². The van der Waals surface area contributed by atoms with Gasteiger partial charge in [0.15, 0.2) is 11.6 Å². The van der Waals surface area contributed by atoms with Crippen LogP contribution in [0.2, 0.25) is 0 Å². The van der Waals surface area contributed by atoms with E-state index in [1.807, 2.05) is 32.3 Å². The zero-order valence-corrected chi connectivity index (χ0v) is 26.1. The fourth-order valence-electron chi connectivity index (χ4n) is 9.22. The maximum atomic E-state index is 14.2. The lowest BCUT2D eigenvalue weighted by molar-refractivity contribution is -0.146. The zero-order chi connectivity index (χ0) is 28.5. The minimum absolute atomic E-state index is 0.0633.